The van der Waals surface area contributed by atoms with Gasteiger partial charge in [0.2, 0.25) is 5.89 Å². The Hall–Kier alpha value is -11.3. The zero-order chi connectivity index (χ0) is 54.8. The van der Waals surface area contributed by atoms with Crippen LogP contribution in [-0.2, 0) is 0 Å². The number of fused-ring (bicyclic) bond motifs is 8. The smallest absolute Gasteiger partial charge is 0.227 e. The summed E-state index contributed by atoms with van der Waals surface area (Å²) >= 11 is 0. The quantitative estimate of drug-likeness (QED) is 0.136. The van der Waals surface area contributed by atoms with E-state index in [4.69, 9.17) is 24.4 Å². The van der Waals surface area contributed by atoms with E-state index in [-0.39, 0.29) is 0 Å². The Kier molecular flexibility index (Phi) is 11.4. The Morgan fingerprint density at radius 1 is 0.253 bits per heavy atom. The Bertz CT molecular complexity index is 5090. The summed E-state index contributed by atoms with van der Waals surface area (Å²) in [6.45, 7) is 0. The van der Waals surface area contributed by atoms with Crippen molar-refractivity contribution < 1.29 is 4.42 Å². The lowest BCUT2D eigenvalue weighted by Gasteiger charge is -2.14. The van der Waals surface area contributed by atoms with Gasteiger partial charge in [-0.1, -0.05) is 218 Å². The van der Waals surface area contributed by atoms with Gasteiger partial charge in [-0.25, -0.2) is 19.9 Å². The van der Waals surface area contributed by atoms with Gasteiger partial charge >= 0.3 is 0 Å². The maximum absolute atomic E-state index is 6.40. The molecule has 7 heteroatoms. The third-order valence-corrected chi connectivity index (χ3v) is 16.1. The summed E-state index contributed by atoms with van der Waals surface area (Å²) in [5.41, 5.74) is 20.8. The highest BCUT2D eigenvalue weighted by atomic mass is 16.3. The SMILES string of the molecule is c1ccc(-c2ccc(-c3nc(-c4ccc(-n5c6ccccc6c6ccc7c8ccccc8n(-c8ccc(-c9ccc(-c%10cccc%11nc(-c%12ccccc%12)oc%10%11)cc9)cc8)c7c65)cc4)nc(-c4cccc(-c5ccccc5)c4)n3)cc2)cc1. The van der Waals surface area contributed by atoms with Crippen molar-refractivity contribution in [2.45, 2.75) is 0 Å². The number of aromatic nitrogens is 6. The molecule has 16 rings (SSSR count). The first-order valence-corrected chi connectivity index (χ1v) is 27.9. The zero-order valence-corrected chi connectivity index (χ0v) is 44.8. The van der Waals surface area contributed by atoms with Gasteiger partial charge in [0.25, 0.3) is 0 Å². The molecular formula is C76H48N6O. The van der Waals surface area contributed by atoms with E-state index in [1.54, 1.807) is 0 Å². The van der Waals surface area contributed by atoms with E-state index in [0.29, 0.717) is 23.4 Å². The molecule has 0 amide bonds. The number of benzene rings is 12. The van der Waals surface area contributed by atoms with Crippen LogP contribution in [0.5, 0.6) is 0 Å². The van der Waals surface area contributed by atoms with Crippen molar-refractivity contribution in [2.75, 3.05) is 0 Å². The molecule has 7 nitrogen and oxygen atoms in total. The molecule has 4 aromatic heterocycles. The summed E-state index contributed by atoms with van der Waals surface area (Å²) in [7, 11) is 0. The van der Waals surface area contributed by atoms with Crippen molar-refractivity contribution in [3.05, 3.63) is 291 Å². The van der Waals surface area contributed by atoms with Crippen LogP contribution in [0.25, 0.3) is 156 Å². The molecule has 0 unspecified atom stereocenters. The Labute approximate surface area is 478 Å². The summed E-state index contributed by atoms with van der Waals surface area (Å²) in [5, 5.41) is 4.74. The van der Waals surface area contributed by atoms with Crippen LogP contribution in [0, 0.1) is 0 Å². The Morgan fingerprint density at radius 3 is 1.18 bits per heavy atom. The van der Waals surface area contributed by atoms with Crippen LogP contribution >= 0.6 is 0 Å². The summed E-state index contributed by atoms with van der Waals surface area (Å²) in [5.74, 6) is 2.43. The largest absolute Gasteiger partial charge is 0.435 e. The molecule has 83 heavy (non-hydrogen) atoms. The first kappa shape index (κ1) is 47.7. The maximum atomic E-state index is 6.40. The van der Waals surface area contributed by atoms with Crippen LogP contribution in [0.4, 0.5) is 0 Å². The highest BCUT2D eigenvalue weighted by Crippen LogP contribution is 2.43. The van der Waals surface area contributed by atoms with Crippen molar-refractivity contribution in [2.24, 2.45) is 0 Å². The van der Waals surface area contributed by atoms with Gasteiger partial charge in [0.1, 0.15) is 5.52 Å². The van der Waals surface area contributed by atoms with E-state index in [2.05, 4.69) is 246 Å². The lowest BCUT2D eigenvalue weighted by molar-refractivity contribution is 0.621. The predicted molar refractivity (Wildman–Crippen MR) is 340 cm³/mol. The molecule has 388 valence electrons. The molecule has 0 N–H and O–H groups in total. The van der Waals surface area contributed by atoms with Crippen LogP contribution in [0.3, 0.4) is 0 Å². The second-order valence-electron chi connectivity index (χ2n) is 21.0. The summed E-state index contributed by atoms with van der Waals surface area (Å²) in [4.78, 5) is 20.4. The normalized spacial score (nSPS) is 11.6. The zero-order valence-electron chi connectivity index (χ0n) is 44.8. The van der Waals surface area contributed by atoms with E-state index in [0.717, 1.165) is 111 Å². The number of nitrogens with zero attached hydrogens (tertiary/aromatic N) is 6. The van der Waals surface area contributed by atoms with Gasteiger partial charge in [-0.15, -0.1) is 0 Å². The number of oxazole rings is 1. The molecule has 0 saturated carbocycles. The molecule has 0 spiro atoms. The molecule has 0 aliphatic carbocycles. The summed E-state index contributed by atoms with van der Waals surface area (Å²) < 4.78 is 11.3. The molecule has 0 aliphatic heterocycles. The van der Waals surface area contributed by atoms with Crippen molar-refractivity contribution in [3.8, 4) is 102 Å². The van der Waals surface area contributed by atoms with Crippen LogP contribution < -0.4 is 0 Å². The molecular weight excluding hydrogens is 1010 g/mol. The van der Waals surface area contributed by atoms with Crippen molar-refractivity contribution in [3.63, 3.8) is 0 Å². The fraction of sp³-hybridized carbons (Fsp3) is 0. The van der Waals surface area contributed by atoms with Crippen molar-refractivity contribution in [1.82, 2.24) is 29.1 Å². The molecule has 4 heterocycles. The highest BCUT2D eigenvalue weighted by molar-refractivity contribution is 6.24. The molecule has 16 aromatic rings. The van der Waals surface area contributed by atoms with Crippen LogP contribution in [0.1, 0.15) is 0 Å². The predicted octanol–water partition coefficient (Wildman–Crippen LogP) is 19.5. The van der Waals surface area contributed by atoms with Gasteiger partial charge in [0, 0.05) is 60.7 Å². The van der Waals surface area contributed by atoms with Crippen molar-refractivity contribution in [1.29, 1.82) is 0 Å². The fourth-order valence-corrected chi connectivity index (χ4v) is 12.0. The lowest BCUT2D eigenvalue weighted by atomic mass is 9.99. The Balaban J connectivity index is 0.789. The Morgan fingerprint density at radius 2 is 0.639 bits per heavy atom. The standard InChI is InChI=1S/C76H48N6O/c1-4-16-49(17-5-1)51-32-36-55(37-33-51)73-78-74(80-75(79-73)59-23-14-22-58(48-59)50-18-6-2-7-19-50)56-40-44-61(45-41-56)82-69-29-13-11-25-64(69)66-47-46-65-63-24-10-12-28-68(63)81(70(65)71(66)82)60-42-38-53(39-43-60)52-30-34-54(35-31-52)62-26-15-27-67-72(62)83-76(77-67)57-20-8-3-9-21-57/h1-48H. The minimum atomic E-state index is 0.597. The van der Waals surface area contributed by atoms with Gasteiger partial charge in [0.15, 0.2) is 23.1 Å². The summed E-state index contributed by atoms with van der Waals surface area (Å²) in [6, 6.07) is 103. The minimum Gasteiger partial charge on any atom is -0.435 e. The number of para-hydroxylation sites is 3. The minimum absolute atomic E-state index is 0.597. The van der Waals surface area contributed by atoms with Crippen molar-refractivity contribution >= 4 is 54.7 Å². The van der Waals surface area contributed by atoms with Gasteiger partial charge in [-0.05, 0) is 112 Å². The molecule has 0 fully saturated rings. The maximum Gasteiger partial charge on any atom is 0.227 e. The monoisotopic (exact) mass is 1060 g/mol. The van der Waals surface area contributed by atoms with E-state index < -0.39 is 0 Å². The third kappa shape index (κ3) is 8.37. The second-order valence-corrected chi connectivity index (χ2v) is 21.0. The molecule has 0 radical (unpaired) electrons. The van der Waals surface area contributed by atoms with E-state index in [1.807, 2.05) is 54.6 Å². The van der Waals surface area contributed by atoms with Gasteiger partial charge in [-0.2, -0.15) is 0 Å². The molecule has 0 bridgehead atoms. The molecule has 0 saturated heterocycles. The molecule has 0 aliphatic rings. The first-order valence-electron chi connectivity index (χ1n) is 27.9. The summed E-state index contributed by atoms with van der Waals surface area (Å²) in [6.07, 6.45) is 0. The second kappa shape index (κ2) is 19.8. The van der Waals surface area contributed by atoms with Crippen LogP contribution in [-0.4, -0.2) is 29.1 Å². The highest BCUT2D eigenvalue weighted by Gasteiger charge is 2.22. The van der Waals surface area contributed by atoms with E-state index >= 15 is 0 Å². The van der Waals surface area contributed by atoms with Gasteiger partial charge in [0.05, 0.1) is 22.1 Å². The van der Waals surface area contributed by atoms with Gasteiger partial charge in [-0.3, -0.25) is 0 Å². The first-order chi connectivity index (χ1) is 41.1. The number of rotatable bonds is 10. The lowest BCUT2D eigenvalue weighted by Crippen LogP contribution is -2.01. The van der Waals surface area contributed by atoms with Gasteiger partial charge < -0.3 is 13.6 Å². The van der Waals surface area contributed by atoms with E-state index in [1.165, 1.54) is 21.5 Å². The fourth-order valence-electron chi connectivity index (χ4n) is 12.0. The third-order valence-electron chi connectivity index (χ3n) is 16.1. The van der Waals surface area contributed by atoms with E-state index in [9.17, 15) is 0 Å². The van der Waals surface area contributed by atoms with Crippen LogP contribution in [0.2, 0.25) is 0 Å². The average Bonchev–Trinajstić information content (AvgIpc) is 4.46. The topological polar surface area (TPSA) is 74.6 Å². The number of hydrogen-bond donors (Lipinski definition) is 0. The van der Waals surface area contributed by atoms with Crippen LogP contribution in [0.15, 0.2) is 296 Å². The average molecular weight is 1060 g/mol. The molecule has 0 atom stereocenters. The molecule has 12 aromatic carbocycles. The number of hydrogen-bond acceptors (Lipinski definition) is 5.